The third kappa shape index (κ3) is 3.08. The van der Waals surface area contributed by atoms with Crippen molar-refractivity contribution in [1.82, 2.24) is 4.98 Å². The van der Waals surface area contributed by atoms with Gasteiger partial charge in [-0.25, -0.2) is 4.98 Å². The molecule has 0 radical (unpaired) electrons. The van der Waals surface area contributed by atoms with E-state index in [9.17, 15) is 0 Å². The van der Waals surface area contributed by atoms with Gasteiger partial charge in [0.1, 0.15) is 5.82 Å². The molecule has 3 nitrogen and oxygen atoms in total. The number of halogens is 1. The Morgan fingerprint density at radius 1 is 1.28 bits per heavy atom. The molecule has 0 N–H and O–H groups in total. The summed E-state index contributed by atoms with van der Waals surface area (Å²) in [6, 6.07) is 13.8. The SMILES string of the molecule is CN(Cc1ccc(Br)cc1)c1cc(C#N)ccn1. The molecule has 1 aromatic heterocycles. The van der Waals surface area contributed by atoms with Crippen molar-refractivity contribution in [2.24, 2.45) is 0 Å². The topological polar surface area (TPSA) is 39.9 Å². The highest BCUT2D eigenvalue weighted by Crippen LogP contribution is 2.16. The Bertz CT molecular complexity index is 572. The molecule has 0 aliphatic carbocycles. The molecule has 0 amide bonds. The monoisotopic (exact) mass is 301 g/mol. The van der Waals surface area contributed by atoms with Gasteiger partial charge < -0.3 is 4.90 Å². The van der Waals surface area contributed by atoms with E-state index in [4.69, 9.17) is 5.26 Å². The van der Waals surface area contributed by atoms with E-state index >= 15 is 0 Å². The van der Waals surface area contributed by atoms with Crippen LogP contribution in [0.15, 0.2) is 47.1 Å². The van der Waals surface area contributed by atoms with Gasteiger partial charge in [0, 0.05) is 24.3 Å². The second-order valence-electron chi connectivity index (χ2n) is 4.00. The van der Waals surface area contributed by atoms with Gasteiger partial charge in [-0.1, -0.05) is 28.1 Å². The van der Waals surface area contributed by atoms with E-state index in [0.29, 0.717) is 5.56 Å². The summed E-state index contributed by atoms with van der Waals surface area (Å²) in [5, 5.41) is 8.86. The Hall–Kier alpha value is -1.86. The van der Waals surface area contributed by atoms with Gasteiger partial charge in [0.05, 0.1) is 11.6 Å². The number of anilines is 1. The van der Waals surface area contributed by atoms with Crippen LogP contribution in [-0.4, -0.2) is 12.0 Å². The fraction of sp³-hybridized carbons (Fsp3) is 0.143. The summed E-state index contributed by atoms with van der Waals surface area (Å²) < 4.78 is 1.07. The van der Waals surface area contributed by atoms with Gasteiger partial charge >= 0.3 is 0 Å². The third-order valence-electron chi connectivity index (χ3n) is 2.60. The van der Waals surface area contributed by atoms with Crippen LogP contribution in [0.5, 0.6) is 0 Å². The molecule has 0 unspecified atom stereocenters. The molecule has 2 aromatic rings. The van der Waals surface area contributed by atoms with E-state index in [1.54, 1.807) is 18.3 Å². The molecule has 2 rings (SSSR count). The Labute approximate surface area is 115 Å². The average Bonchev–Trinajstić information content (AvgIpc) is 2.41. The normalized spacial score (nSPS) is 9.83. The van der Waals surface area contributed by atoms with Crippen molar-refractivity contribution < 1.29 is 0 Å². The van der Waals surface area contributed by atoms with Gasteiger partial charge in [-0.15, -0.1) is 0 Å². The second-order valence-corrected chi connectivity index (χ2v) is 4.91. The first-order valence-electron chi connectivity index (χ1n) is 5.51. The summed E-state index contributed by atoms with van der Waals surface area (Å²) >= 11 is 3.41. The highest BCUT2D eigenvalue weighted by molar-refractivity contribution is 9.10. The quantitative estimate of drug-likeness (QED) is 0.873. The Kier molecular flexibility index (Phi) is 3.96. The molecular formula is C14H12BrN3. The Morgan fingerprint density at radius 3 is 2.67 bits per heavy atom. The predicted octanol–water partition coefficient (Wildman–Crippen LogP) is 3.35. The van der Waals surface area contributed by atoms with Crippen LogP contribution in [0.1, 0.15) is 11.1 Å². The molecule has 0 fully saturated rings. The van der Waals surface area contributed by atoms with Crippen molar-refractivity contribution in [2.75, 3.05) is 11.9 Å². The van der Waals surface area contributed by atoms with Gasteiger partial charge in [0.2, 0.25) is 0 Å². The minimum absolute atomic E-state index is 0.627. The van der Waals surface area contributed by atoms with Crippen LogP contribution >= 0.6 is 15.9 Å². The lowest BCUT2D eigenvalue weighted by molar-refractivity contribution is 0.897. The predicted molar refractivity (Wildman–Crippen MR) is 75.2 cm³/mol. The Morgan fingerprint density at radius 2 is 2.00 bits per heavy atom. The lowest BCUT2D eigenvalue weighted by Crippen LogP contribution is -2.17. The lowest BCUT2D eigenvalue weighted by atomic mass is 10.2. The third-order valence-corrected chi connectivity index (χ3v) is 3.13. The van der Waals surface area contributed by atoms with Crippen LogP contribution in [0.3, 0.4) is 0 Å². The second kappa shape index (κ2) is 5.65. The van der Waals surface area contributed by atoms with Crippen molar-refractivity contribution in [3.63, 3.8) is 0 Å². The number of hydrogen-bond donors (Lipinski definition) is 0. The maximum Gasteiger partial charge on any atom is 0.129 e. The fourth-order valence-corrected chi connectivity index (χ4v) is 1.91. The van der Waals surface area contributed by atoms with Crippen LogP contribution in [0.25, 0.3) is 0 Å². The van der Waals surface area contributed by atoms with Crippen LogP contribution in [0.4, 0.5) is 5.82 Å². The molecule has 0 saturated carbocycles. The van der Waals surface area contributed by atoms with Gasteiger partial charge in [-0.2, -0.15) is 5.26 Å². The summed E-state index contributed by atoms with van der Waals surface area (Å²) in [6.07, 6.45) is 1.66. The van der Waals surface area contributed by atoms with E-state index in [2.05, 4.69) is 39.1 Å². The van der Waals surface area contributed by atoms with E-state index < -0.39 is 0 Å². The molecular weight excluding hydrogens is 290 g/mol. The highest BCUT2D eigenvalue weighted by atomic mass is 79.9. The van der Waals surface area contributed by atoms with E-state index in [1.165, 1.54) is 5.56 Å². The maximum absolute atomic E-state index is 8.86. The summed E-state index contributed by atoms with van der Waals surface area (Å²) in [4.78, 5) is 6.28. The standard InChI is InChI=1S/C14H12BrN3/c1-18(10-11-2-4-13(15)5-3-11)14-8-12(9-16)6-7-17-14/h2-8H,10H2,1H3. The first-order chi connectivity index (χ1) is 8.69. The van der Waals surface area contributed by atoms with Crippen molar-refractivity contribution in [3.8, 4) is 6.07 Å². The van der Waals surface area contributed by atoms with Gasteiger partial charge in [-0.3, -0.25) is 0 Å². The zero-order chi connectivity index (χ0) is 13.0. The van der Waals surface area contributed by atoms with Crippen molar-refractivity contribution in [1.29, 1.82) is 5.26 Å². The smallest absolute Gasteiger partial charge is 0.129 e. The minimum Gasteiger partial charge on any atom is -0.355 e. The maximum atomic E-state index is 8.86. The zero-order valence-electron chi connectivity index (χ0n) is 9.97. The lowest BCUT2D eigenvalue weighted by Gasteiger charge is -2.18. The molecule has 1 heterocycles. The van der Waals surface area contributed by atoms with Gasteiger partial charge in [-0.05, 0) is 29.8 Å². The number of rotatable bonds is 3. The first-order valence-corrected chi connectivity index (χ1v) is 6.30. The fourth-order valence-electron chi connectivity index (χ4n) is 1.64. The van der Waals surface area contributed by atoms with Crippen molar-refractivity contribution >= 4 is 21.7 Å². The molecule has 0 saturated heterocycles. The van der Waals surface area contributed by atoms with E-state index in [1.807, 2.05) is 24.1 Å². The largest absolute Gasteiger partial charge is 0.355 e. The summed E-state index contributed by atoms with van der Waals surface area (Å²) in [7, 11) is 1.96. The molecule has 90 valence electrons. The van der Waals surface area contributed by atoms with E-state index in [0.717, 1.165) is 16.8 Å². The number of nitrogens with zero attached hydrogens (tertiary/aromatic N) is 3. The highest BCUT2D eigenvalue weighted by Gasteiger charge is 2.04. The van der Waals surface area contributed by atoms with Crippen LogP contribution in [0.2, 0.25) is 0 Å². The van der Waals surface area contributed by atoms with Crippen molar-refractivity contribution in [3.05, 3.63) is 58.2 Å². The molecule has 18 heavy (non-hydrogen) atoms. The number of pyridine rings is 1. The average molecular weight is 302 g/mol. The van der Waals surface area contributed by atoms with E-state index in [-0.39, 0.29) is 0 Å². The van der Waals surface area contributed by atoms with Gasteiger partial charge in [0.25, 0.3) is 0 Å². The summed E-state index contributed by atoms with van der Waals surface area (Å²) in [6.45, 7) is 0.759. The van der Waals surface area contributed by atoms with Crippen LogP contribution in [0, 0.1) is 11.3 Å². The molecule has 0 atom stereocenters. The number of hydrogen-bond acceptors (Lipinski definition) is 3. The number of benzene rings is 1. The first kappa shape index (κ1) is 12.6. The molecule has 1 aromatic carbocycles. The summed E-state index contributed by atoms with van der Waals surface area (Å²) in [5.41, 5.74) is 1.83. The molecule has 4 heteroatoms. The Balaban J connectivity index is 2.14. The minimum atomic E-state index is 0.627. The molecule has 0 bridgehead atoms. The number of nitriles is 1. The molecule has 0 spiro atoms. The zero-order valence-corrected chi connectivity index (χ0v) is 11.6. The van der Waals surface area contributed by atoms with Crippen molar-refractivity contribution in [2.45, 2.75) is 6.54 Å². The van der Waals surface area contributed by atoms with Crippen LogP contribution in [-0.2, 0) is 6.54 Å². The number of aromatic nitrogens is 1. The molecule has 0 aliphatic rings. The van der Waals surface area contributed by atoms with Crippen LogP contribution < -0.4 is 4.90 Å². The summed E-state index contributed by atoms with van der Waals surface area (Å²) in [5.74, 6) is 0.803. The molecule has 0 aliphatic heterocycles. The van der Waals surface area contributed by atoms with Gasteiger partial charge in [0.15, 0.2) is 0 Å².